The molecule has 96 valence electrons. The Morgan fingerprint density at radius 1 is 1.11 bits per heavy atom. The molecule has 0 aromatic heterocycles. The molecule has 0 radical (unpaired) electrons. The van der Waals surface area contributed by atoms with Gasteiger partial charge < -0.3 is 14.4 Å². The van der Waals surface area contributed by atoms with Crippen molar-refractivity contribution < 1.29 is 14.3 Å². The molecule has 1 aromatic rings. The van der Waals surface area contributed by atoms with E-state index in [0.717, 1.165) is 43.0 Å². The molecule has 2 aliphatic rings. The van der Waals surface area contributed by atoms with Gasteiger partial charge in [0.1, 0.15) is 0 Å². The minimum absolute atomic E-state index is 0.216. The molecule has 0 aliphatic carbocycles. The van der Waals surface area contributed by atoms with Crippen LogP contribution in [0.15, 0.2) is 18.2 Å². The monoisotopic (exact) mass is 247 g/mol. The van der Waals surface area contributed by atoms with Crippen LogP contribution in [0.5, 0.6) is 11.5 Å². The minimum Gasteiger partial charge on any atom is -0.454 e. The molecule has 2 aliphatic heterocycles. The third-order valence-electron chi connectivity index (χ3n) is 3.50. The number of carbonyl (C=O) groups is 1. The first-order chi connectivity index (χ1) is 8.83. The molecular weight excluding hydrogens is 230 g/mol. The van der Waals surface area contributed by atoms with Crippen molar-refractivity contribution in [1.29, 1.82) is 0 Å². The minimum atomic E-state index is 0.216. The summed E-state index contributed by atoms with van der Waals surface area (Å²) in [4.78, 5) is 14.1. The van der Waals surface area contributed by atoms with Crippen LogP contribution in [0.1, 0.15) is 24.8 Å². The molecule has 3 rings (SSSR count). The summed E-state index contributed by atoms with van der Waals surface area (Å²) in [6.07, 6.45) is 3.96. The van der Waals surface area contributed by atoms with E-state index in [1.54, 1.807) is 0 Å². The Morgan fingerprint density at radius 3 is 2.72 bits per heavy atom. The molecule has 1 fully saturated rings. The number of amides is 1. The van der Waals surface area contributed by atoms with Crippen molar-refractivity contribution in [2.75, 3.05) is 19.9 Å². The zero-order valence-electron chi connectivity index (χ0n) is 10.4. The average molecular weight is 247 g/mol. The van der Waals surface area contributed by atoms with Gasteiger partial charge in [-0.1, -0.05) is 6.07 Å². The number of rotatable bonds is 2. The maximum atomic E-state index is 12.1. The first kappa shape index (κ1) is 11.4. The maximum absolute atomic E-state index is 12.1. The lowest BCUT2D eigenvalue weighted by Crippen LogP contribution is -2.36. The van der Waals surface area contributed by atoms with Gasteiger partial charge in [0.15, 0.2) is 11.5 Å². The summed E-state index contributed by atoms with van der Waals surface area (Å²) >= 11 is 0. The van der Waals surface area contributed by atoms with E-state index in [-0.39, 0.29) is 12.7 Å². The van der Waals surface area contributed by atoms with E-state index in [4.69, 9.17) is 9.47 Å². The molecule has 2 heterocycles. The quantitative estimate of drug-likeness (QED) is 0.802. The fourth-order valence-corrected chi connectivity index (χ4v) is 2.48. The third-order valence-corrected chi connectivity index (χ3v) is 3.50. The van der Waals surface area contributed by atoms with E-state index >= 15 is 0 Å². The number of ether oxygens (including phenoxy) is 2. The highest BCUT2D eigenvalue weighted by molar-refractivity contribution is 5.79. The number of hydrogen-bond acceptors (Lipinski definition) is 3. The predicted octanol–water partition coefficient (Wildman–Crippen LogP) is 1.97. The Kier molecular flexibility index (Phi) is 3.09. The molecule has 4 heteroatoms. The molecule has 0 spiro atoms. The summed E-state index contributed by atoms with van der Waals surface area (Å²) < 4.78 is 10.6. The zero-order chi connectivity index (χ0) is 12.4. The van der Waals surface area contributed by atoms with Gasteiger partial charge in [-0.15, -0.1) is 0 Å². The Morgan fingerprint density at radius 2 is 1.89 bits per heavy atom. The Labute approximate surface area is 106 Å². The molecule has 0 bridgehead atoms. The number of nitrogens with zero attached hydrogens (tertiary/aromatic N) is 1. The molecule has 0 N–H and O–H groups in total. The van der Waals surface area contributed by atoms with Crippen molar-refractivity contribution in [1.82, 2.24) is 4.90 Å². The number of benzene rings is 1. The van der Waals surface area contributed by atoms with Crippen LogP contribution < -0.4 is 9.47 Å². The van der Waals surface area contributed by atoms with Crippen LogP contribution in [0, 0.1) is 0 Å². The lowest BCUT2D eigenvalue weighted by molar-refractivity contribution is -0.131. The van der Waals surface area contributed by atoms with Gasteiger partial charge >= 0.3 is 0 Å². The maximum Gasteiger partial charge on any atom is 0.231 e. The number of likely N-dealkylation sites (tertiary alicyclic amines) is 1. The SMILES string of the molecule is O=C(Cc1ccc2c(c1)OCO2)N1CCCCC1. The topological polar surface area (TPSA) is 38.8 Å². The van der Waals surface area contributed by atoms with E-state index in [0.29, 0.717) is 6.42 Å². The molecule has 1 aromatic carbocycles. The number of hydrogen-bond donors (Lipinski definition) is 0. The summed E-state index contributed by atoms with van der Waals surface area (Å²) in [5.41, 5.74) is 0.995. The number of fused-ring (bicyclic) bond motifs is 1. The highest BCUT2D eigenvalue weighted by Crippen LogP contribution is 2.32. The molecule has 1 saturated heterocycles. The van der Waals surface area contributed by atoms with Crippen molar-refractivity contribution >= 4 is 5.91 Å². The van der Waals surface area contributed by atoms with Gasteiger partial charge in [0, 0.05) is 13.1 Å². The second-order valence-electron chi connectivity index (χ2n) is 4.81. The van der Waals surface area contributed by atoms with Crippen LogP contribution in [0.2, 0.25) is 0 Å². The predicted molar refractivity (Wildman–Crippen MR) is 66.7 cm³/mol. The Bertz CT molecular complexity index is 452. The smallest absolute Gasteiger partial charge is 0.231 e. The van der Waals surface area contributed by atoms with E-state index in [1.807, 2.05) is 23.1 Å². The summed E-state index contributed by atoms with van der Waals surface area (Å²) in [6.45, 7) is 2.09. The second kappa shape index (κ2) is 4.88. The summed E-state index contributed by atoms with van der Waals surface area (Å²) in [5.74, 6) is 1.73. The fourth-order valence-electron chi connectivity index (χ4n) is 2.48. The first-order valence-electron chi connectivity index (χ1n) is 6.49. The molecule has 1 amide bonds. The standard InChI is InChI=1S/C14H17NO3/c16-14(15-6-2-1-3-7-15)9-11-4-5-12-13(8-11)18-10-17-12/h4-5,8H,1-3,6-7,9-10H2. The number of piperidine rings is 1. The normalized spacial score (nSPS) is 17.9. The second-order valence-corrected chi connectivity index (χ2v) is 4.81. The van der Waals surface area contributed by atoms with Gasteiger partial charge in [-0.25, -0.2) is 0 Å². The first-order valence-corrected chi connectivity index (χ1v) is 6.49. The van der Waals surface area contributed by atoms with E-state index < -0.39 is 0 Å². The lowest BCUT2D eigenvalue weighted by atomic mass is 10.1. The van der Waals surface area contributed by atoms with Gasteiger partial charge in [-0.2, -0.15) is 0 Å². The fraction of sp³-hybridized carbons (Fsp3) is 0.500. The van der Waals surface area contributed by atoms with Gasteiger partial charge in [0.05, 0.1) is 6.42 Å². The summed E-state index contributed by atoms with van der Waals surface area (Å²) in [6, 6.07) is 5.72. The molecule has 0 saturated carbocycles. The molecule has 0 atom stereocenters. The van der Waals surface area contributed by atoms with E-state index in [2.05, 4.69) is 0 Å². The third kappa shape index (κ3) is 2.28. The van der Waals surface area contributed by atoms with Crippen LogP contribution in [0.3, 0.4) is 0 Å². The van der Waals surface area contributed by atoms with Crippen LogP contribution in [-0.4, -0.2) is 30.7 Å². The molecule has 18 heavy (non-hydrogen) atoms. The average Bonchev–Trinajstić information content (AvgIpc) is 2.87. The molecule has 0 unspecified atom stereocenters. The van der Waals surface area contributed by atoms with E-state index in [1.165, 1.54) is 6.42 Å². The molecule has 4 nitrogen and oxygen atoms in total. The Hall–Kier alpha value is -1.71. The van der Waals surface area contributed by atoms with Crippen molar-refractivity contribution in [3.8, 4) is 11.5 Å². The van der Waals surface area contributed by atoms with Crippen molar-refractivity contribution in [3.63, 3.8) is 0 Å². The van der Waals surface area contributed by atoms with Crippen LogP contribution in [0.4, 0.5) is 0 Å². The highest BCUT2D eigenvalue weighted by atomic mass is 16.7. The van der Waals surface area contributed by atoms with Gasteiger partial charge in [-0.3, -0.25) is 4.79 Å². The lowest BCUT2D eigenvalue weighted by Gasteiger charge is -2.26. The zero-order valence-corrected chi connectivity index (χ0v) is 10.4. The highest BCUT2D eigenvalue weighted by Gasteiger charge is 2.18. The van der Waals surface area contributed by atoms with Crippen LogP contribution >= 0.6 is 0 Å². The van der Waals surface area contributed by atoms with Gasteiger partial charge in [0.25, 0.3) is 0 Å². The van der Waals surface area contributed by atoms with Crippen molar-refractivity contribution in [2.24, 2.45) is 0 Å². The van der Waals surface area contributed by atoms with Crippen molar-refractivity contribution in [3.05, 3.63) is 23.8 Å². The number of carbonyl (C=O) groups excluding carboxylic acids is 1. The van der Waals surface area contributed by atoms with Crippen molar-refractivity contribution in [2.45, 2.75) is 25.7 Å². The van der Waals surface area contributed by atoms with Crippen LogP contribution in [0.25, 0.3) is 0 Å². The van der Waals surface area contributed by atoms with Gasteiger partial charge in [-0.05, 0) is 37.0 Å². The largest absolute Gasteiger partial charge is 0.454 e. The molecular formula is C14H17NO3. The Balaban J connectivity index is 1.66. The summed E-state index contributed by atoms with van der Waals surface area (Å²) in [7, 11) is 0. The van der Waals surface area contributed by atoms with Gasteiger partial charge in [0.2, 0.25) is 12.7 Å². The summed E-state index contributed by atoms with van der Waals surface area (Å²) in [5, 5.41) is 0. The van der Waals surface area contributed by atoms with Crippen LogP contribution in [-0.2, 0) is 11.2 Å². The van der Waals surface area contributed by atoms with E-state index in [9.17, 15) is 4.79 Å².